The van der Waals surface area contributed by atoms with Crippen LogP contribution in [-0.4, -0.2) is 36.1 Å². The molecule has 3 nitrogen and oxygen atoms in total. The first-order valence-corrected chi connectivity index (χ1v) is 6.73. The molecule has 1 saturated heterocycles. The van der Waals surface area contributed by atoms with Crippen LogP contribution in [0.4, 0.5) is 4.39 Å². The summed E-state index contributed by atoms with van der Waals surface area (Å²) in [5.74, 6) is -0.163. The summed E-state index contributed by atoms with van der Waals surface area (Å²) < 4.78 is 19.1. The van der Waals surface area contributed by atoms with E-state index in [1.807, 2.05) is 18.7 Å². The first kappa shape index (κ1) is 14.0. The largest absolute Gasteiger partial charge is 0.372 e. The van der Waals surface area contributed by atoms with Gasteiger partial charge in [0.1, 0.15) is 5.82 Å². The van der Waals surface area contributed by atoms with Crippen molar-refractivity contribution in [1.82, 2.24) is 4.90 Å². The number of ether oxygens (including phenoxy) is 1. The van der Waals surface area contributed by atoms with Gasteiger partial charge in [-0.1, -0.05) is 18.2 Å². The second-order valence-corrected chi connectivity index (χ2v) is 5.15. The topological polar surface area (TPSA) is 29.5 Å². The second kappa shape index (κ2) is 6.15. The lowest BCUT2D eigenvalue weighted by atomic mass is 10.1. The number of morpholine rings is 1. The van der Waals surface area contributed by atoms with E-state index >= 15 is 0 Å². The van der Waals surface area contributed by atoms with E-state index in [-0.39, 0.29) is 23.9 Å². The quantitative estimate of drug-likeness (QED) is 0.840. The number of hydrogen-bond acceptors (Lipinski definition) is 2. The van der Waals surface area contributed by atoms with E-state index in [0.717, 1.165) is 0 Å². The van der Waals surface area contributed by atoms with Crippen LogP contribution in [0.3, 0.4) is 0 Å². The standard InChI is InChI=1S/C15H20FNO2/c1-11-9-17(10-12(2)19-11)15(18)8-7-13-5-3-4-6-14(13)16/h3-6,11-12H,7-10H2,1-2H3. The van der Waals surface area contributed by atoms with E-state index in [4.69, 9.17) is 4.74 Å². The molecule has 1 aromatic rings. The summed E-state index contributed by atoms with van der Waals surface area (Å²) >= 11 is 0. The summed E-state index contributed by atoms with van der Waals surface area (Å²) in [5.41, 5.74) is 0.602. The van der Waals surface area contributed by atoms with Gasteiger partial charge in [-0.05, 0) is 31.9 Å². The molecular formula is C15H20FNO2. The number of rotatable bonds is 3. The molecule has 1 aromatic carbocycles. The van der Waals surface area contributed by atoms with Crippen molar-refractivity contribution in [2.45, 2.75) is 38.9 Å². The average molecular weight is 265 g/mol. The van der Waals surface area contributed by atoms with Gasteiger partial charge >= 0.3 is 0 Å². The number of amides is 1. The van der Waals surface area contributed by atoms with Gasteiger partial charge in [0.15, 0.2) is 0 Å². The Hall–Kier alpha value is -1.42. The molecule has 0 spiro atoms. The third-order valence-electron chi connectivity index (χ3n) is 3.34. The van der Waals surface area contributed by atoms with Gasteiger partial charge < -0.3 is 9.64 Å². The minimum Gasteiger partial charge on any atom is -0.372 e. The summed E-state index contributed by atoms with van der Waals surface area (Å²) in [7, 11) is 0. The zero-order valence-corrected chi connectivity index (χ0v) is 11.4. The van der Waals surface area contributed by atoms with Gasteiger partial charge in [0.05, 0.1) is 12.2 Å². The molecule has 2 atom stereocenters. The molecule has 0 bridgehead atoms. The summed E-state index contributed by atoms with van der Waals surface area (Å²) in [5, 5.41) is 0. The lowest BCUT2D eigenvalue weighted by Gasteiger charge is -2.35. The molecule has 2 unspecified atom stereocenters. The van der Waals surface area contributed by atoms with Gasteiger partial charge in [0.25, 0.3) is 0 Å². The Balaban J connectivity index is 1.89. The van der Waals surface area contributed by atoms with Crippen molar-refractivity contribution < 1.29 is 13.9 Å². The van der Waals surface area contributed by atoms with Crippen LogP contribution in [-0.2, 0) is 16.0 Å². The molecule has 1 aliphatic rings. The van der Waals surface area contributed by atoms with Gasteiger partial charge in [-0.25, -0.2) is 4.39 Å². The van der Waals surface area contributed by atoms with Crippen molar-refractivity contribution in [2.24, 2.45) is 0 Å². The summed E-state index contributed by atoms with van der Waals surface area (Å²) in [6, 6.07) is 6.61. The zero-order valence-electron chi connectivity index (χ0n) is 11.4. The van der Waals surface area contributed by atoms with Crippen molar-refractivity contribution >= 4 is 5.91 Å². The van der Waals surface area contributed by atoms with Crippen LogP contribution in [0, 0.1) is 5.82 Å². The third-order valence-corrected chi connectivity index (χ3v) is 3.34. The fourth-order valence-corrected chi connectivity index (χ4v) is 2.48. The lowest BCUT2D eigenvalue weighted by molar-refractivity contribution is -0.143. The van der Waals surface area contributed by atoms with E-state index in [0.29, 0.717) is 31.5 Å². The zero-order chi connectivity index (χ0) is 13.8. The van der Waals surface area contributed by atoms with Gasteiger partial charge in [-0.2, -0.15) is 0 Å². The molecule has 1 aliphatic heterocycles. The van der Waals surface area contributed by atoms with Gasteiger partial charge in [-0.3, -0.25) is 4.79 Å². The van der Waals surface area contributed by atoms with E-state index < -0.39 is 0 Å². The van der Waals surface area contributed by atoms with Gasteiger partial charge in [-0.15, -0.1) is 0 Å². The molecule has 4 heteroatoms. The van der Waals surface area contributed by atoms with Crippen LogP contribution in [0.1, 0.15) is 25.8 Å². The van der Waals surface area contributed by atoms with Crippen molar-refractivity contribution in [1.29, 1.82) is 0 Å². The third kappa shape index (κ3) is 3.77. The van der Waals surface area contributed by atoms with E-state index in [2.05, 4.69) is 0 Å². The monoisotopic (exact) mass is 265 g/mol. The predicted octanol–water partition coefficient (Wildman–Crippen LogP) is 2.39. The molecule has 1 heterocycles. The van der Waals surface area contributed by atoms with Crippen molar-refractivity contribution in [2.75, 3.05) is 13.1 Å². The number of nitrogens with zero attached hydrogens (tertiary/aromatic N) is 1. The highest BCUT2D eigenvalue weighted by molar-refractivity contribution is 5.76. The van der Waals surface area contributed by atoms with E-state index in [1.165, 1.54) is 6.07 Å². The maximum Gasteiger partial charge on any atom is 0.223 e. The molecule has 19 heavy (non-hydrogen) atoms. The molecule has 104 valence electrons. The predicted molar refractivity (Wildman–Crippen MR) is 71.3 cm³/mol. The van der Waals surface area contributed by atoms with E-state index in [9.17, 15) is 9.18 Å². The van der Waals surface area contributed by atoms with Crippen molar-refractivity contribution in [3.63, 3.8) is 0 Å². The number of benzene rings is 1. The molecule has 1 fully saturated rings. The molecule has 0 radical (unpaired) electrons. The lowest BCUT2D eigenvalue weighted by Crippen LogP contribution is -2.48. The first-order chi connectivity index (χ1) is 9.06. The summed E-state index contributed by atoms with van der Waals surface area (Å²) in [6.07, 6.45) is 0.939. The van der Waals surface area contributed by atoms with Gasteiger partial charge in [0, 0.05) is 19.5 Å². The van der Waals surface area contributed by atoms with Crippen LogP contribution in [0.25, 0.3) is 0 Å². The summed E-state index contributed by atoms with van der Waals surface area (Å²) in [6.45, 7) is 5.18. The van der Waals surface area contributed by atoms with Crippen LogP contribution in [0.15, 0.2) is 24.3 Å². The fourth-order valence-electron chi connectivity index (χ4n) is 2.48. The Morgan fingerprint density at radius 3 is 2.58 bits per heavy atom. The Labute approximate surface area is 113 Å². The van der Waals surface area contributed by atoms with Gasteiger partial charge in [0.2, 0.25) is 5.91 Å². The average Bonchev–Trinajstić information content (AvgIpc) is 2.36. The van der Waals surface area contributed by atoms with Crippen molar-refractivity contribution in [3.05, 3.63) is 35.6 Å². The Bertz CT molecular complexity index is 440. The number of hydrogen-bond donors (Lipinski definition) is 0. The van der Waals surface area contributed by atoms with Crippen LogP contribution in [0.5, 0.6) is 0 Å². The molecule has 0 saturated carbocycles. The number of carbonyl (C=O) groups excluding carboxylic acids is 1. The molecule has 0 aromatic heterocycles. The Morgan fingerprint density at radius 2 is 1.95 bits per heavy atom. The molecule has 0 N–H and O–H groups in total. The number of carbonyl (C=O) groups is 1. The Morgan fingerprint density at radius 1 is 1.32 bits per heavy atom. The Kier molecular flexibility index (Phi) is 4.53. The maximum absolute atomic E-state index is 13.5. The summed E-state index contributed by atoms with van der Waals surface area (Å²) in [4.78, 5) is 13.9. The highest BCUT2D eigenvalue weighted by Crippen LogP contribution is 2.14. The molecule has 0 aliphatic carbocycles. The number of halogens is 1. The highest BCUT2D eigenvalue weighted by Gasteiger charge is 2.25. The molecule has 1 amide bonds. The molecular weight excluding hydrogens is 245 g/mol. The van der Waals surface area contributed by atoms with E-state index in [1.54, 1.807) is 18.2 Å². The van der Waals surface area contributed by atoms with Crippen molar-refractivity contribution in [3.8, 4) is 0 Å². The second-order valence-electron chi connectivity index (χ2n) is 5.15. The minimum absolute atomic E-state index is 0.0705. The molecule has 2 rings (SSSR count). The number of aryl methyl sites for hydroxylation is 1. The fraction of sp³-hybridized carbons (Fsp3) is 0.533. The smallest absolute Gasteiger partial charge is 0.223 e. The van der Waals surface area contributed by atoms with Crippen LogP contribution < -0.4 is 0 Å². The maximum atomic E-state index is 13.5. The normalized spacial score (nSPS) is 23.4. The SMILES string of the molecule is CC1CN(C(=O)CCc2ccccc2F)CC(C)O1. The first-order valence-electron chi connectivity index (χ1n) is 6.73. The van der Waals surface area contributed by atoms with Crippen LogP contribution >= 0.6 is 0 Å². The minimum atomic E-state index is -0.237. The van der Waals surface area contributed by atoms with Crippen LogP contribution in [0.2, 0.25) is 0 Å². The highest BCUT2D eigenvalue weighted by atomic mass is 19.1.